The fourth-order valence-corrected chi connectivity index (χ4v) is 2.91. The predicted octanol–water partition coefficient (Wildman–Crippen LogP) is 4.79. The maximum atomic E-state index is 13.6. The van der Waals surface area contributed by atoms with Crippen LogP contribution in [0.1, 0.15) is 17.0 Å². The third-order valence-corrected chi connectivity index (χ3v) is 4.39. The van der Waals surface area contributed by atoms with Crippen LogP contribution in [0.4, 0.5) is 4.39 Å². The normalized spacial score (nSPS) is 12.4. The molecular weight excluding hydrogens is 341 g/mol. The summed E-state index contributed by atoms with van der Waals surface area (Å²) in [6.07, 6.45) is 0.750. The molecule has 0 bridgehead atoms. The predicted molar refractivity (Wildman–Crippen MR) is 85.9 cm³/mol. The standard InChI is InChI=1S/C16H16BrClFN/c1-20-10-13(11-4-2-6-14(18)9-11)8-12-5-3-7-15(19)16(12)17/h2-7,9,13,20H,8,10H2,1H3. The summed E-state index contributed by atoms with van der Waals surface area (Å²) in [6, 6.07) is 13.0. The summed E-state index contributed by atoms with van der Waals surface area (Å²) < 4.78 is 14.1. The summed E-state index contributed by atoms with van der Waals surface area (Å²) in [5.74, 6) is 0.0219. The zero-order valence-electron chi connectivity index (χ0n) is 11.2. The van der Waals surface area contributed by atoms with Gasteiger partial charge in [0.25, 0.3) is 0 Å². The van der Waals surface area contributed by atoms with Crippen LogP contribution in [0, 0.1) is 5.82 Å². The van der Waals surface area contributed by atoms with Crippen LogP contribution in [0.2, 0.25) is 5.02 Å². The van der Waals surface area contributed by atoms with Crippen molar-refractivity contribution < 1.29 is 4.39 Å². The number of hydrogen-bond donors (Lipinski definition) is 1. The molecule has 106 valence electrons. The molecule has 20 heavy (non-hydrogen) atoms. The minimum Gasteiger partial charge on any atom is -0.319 e. The lowest BCUT2D eigenvalue weighted by molar-refractivity contribution is 0.602. The molecule has 2 aromatic carbocycles. The number of benzene rings is 2. The van der Waals surface area contributed by atoms with Crippen molar-refractivity contribution in [3.63, 3.8) is 0 Å². The molecule has 1 atom stereocenters. The first-order chi connectivity index (χ1) is 9.61. The molecule has 0 spiro atoms. The zero-order valence-corrected chi connectivity index (χ0v) is 13.5. The van der Waals surface area contributed by atoms with E-state index in [9.17, 15) is 4.39 Å². The quantitative estimate of drug-likeness (QED) is 0.812. The van der Waals surface area contributed by atoms with Gasteiger partial charge in [-0.1, -0.05) is 35.9 Å². The lowest BCUT2D eigenvalue weighted by atomic mass is 9.92. The third kappa shape index (κ3) is 3.81. The Morgan fingerprint density at radius 1 is 1.25 bits per heavy atom. The molecule has 1 N–H and O–H groups in total. The number of halogens is 3. The SMILES string of the molecule is CNCC(Cc1cccc(F)c1Br)c1cccc(Cl)c1. The summed E-state index contributed by atoms with van der Waals surface area (Å²) in [7, 11) is 1.91. The highest BCUT2D eigenvalue weighted by molar-refractivity contribution is 9.10. The van der Waals surface area contributed by atoms with E-state index < -0.39 is 0 Å². The smallest absolute Gasteiger partial charge is 0.137 e. The van der Waals surface area contributed by atoms with Crippen LogP contribution in [0.5, 0.6) is 0 Å². The van der Waals surface area contributed by atoms with Crippen molar-refractivity contribution >= 4 is 27.5 Å². The molecule has 0 radical (unpaired) electrons. The van der Waals surface area contributed by atoms with Gasteiger partial charge in [0.05, 0.1) is 4.47 Å². The van der Waals surface area contributed by atoms with Crippen molar-refractivity contribution in [1.82, 2.24) is 5.32 Å². The van der Waals surface area contributed by atoms with E-state index in [1.54, 1.807) is 6.07 Å². The van der Waals surface area contributed by atoms with Gasteiger partial charge in [-0.25, -0.2) is 4.39 Å². The summed E-state index contributed by atoms with van der Waals surface area (Å²) in [6.45, 7) is 0.809. The van der Waals surface area contributed by atoms with E-state index in [2.05, 4.69) is 27.3 Å². The lowest BCUT2D eigenvalue weighted by Crippen LogP contribution is -2.19. The Hall–Kier alpha value is -0.900. The van der Waals surface area contributed by atoms with Crippen molar-refractivity contribution in [3.8, 4) is 0 Å². The molecule has 0 aliphatic rings. The largest absolute Gasteiger partial charge is 0.319 e. The number of hydrogen-bond acceptors (Lipinski definition) is 1. The fourth-order valence-electron chi connectivity index (χ4n) is 2.29. The van der Waals surface area contributed by atoms with Crippen LogP contribution in [-0.4, -0.2) is 13.6 Å². The maximum absolute atomic E-state index is 13.6. The monoisotopic (exact) mass is 355 g/mol. The fraction of sp³-hybridized carbons (Fsp3) is 0.250. The van der Waals surface area contributed by atoms with Gasteiger partial charge in [-0.3, -0.25) is 0 Å². The topological polar surface area (TPSA) is 12.0 Å². The summed E-state index contributed by atoms with van der Waals surface area (Å²) in [5.41, 5.74) is 2.12. The molecule has 1 nitrogen and oxygen atoms in total. The highest BCUT2D eigenvalue weighted by atomic mass is 79.9. The maximum Gasteiger partial charge on any atom is 0.137 e. The highest BCUT2D eigenvalue weighted by Crippen LogP contribution is 2.28. The van der Waals surface area contributed by atoms with Crippen LogP contribution in [0.3, 0.4) is 0 Å². The second kappa shape index (κ2) is 7.21. The molecule has 0 aromatic heterocycles. The van der Waals surface area contributed by atoms with Gasteiger partial charge < -0.3 is 5.32 Å². The Bertz CT molecular complexity index is 588. The minimum absolute atomic E-state index is 0.225. The number of likely N-dealkylation sites (N-methyl/N-ethyl adjacent to an activating group) is 1. The van der Waals surface area contributed by atoms with Crippen molar-refractivity contribution in [3.05, 3.63) is 68.9 Å². The van der Waals surface area contributed by atoms with Crippen LogP contribution in [0.15, 0.2) is 46.9 Å². The van der Waals surface area contributed by atoms with Gasteiger partial charge in [0.2, 0.25) is 0 Å². The van der Waals surface area contributed by atoms with Gasteiger partial charge in [-0.15, -0.1) is 0 Å². The van der Waals surface area contributed by atoms with Crippen molar-refractivity contribution in [2.45, 2.75) is 12.3 Å². The second-order valence-corrected chi connectivity index (χ2v) is 5.96. The van der Waals surface area contributed by atoms with E-state index in [0.29, 0.717) is 4.47 Å². The molecule has 1 unspecified atom stereocenters. The molecule has 0 aliphatic carbocycles. The number of nitrogens with one attached hydrogen (secondary N) is 1. The van der Waals surface area contributed by atoms with E-state index >= 15 is 0 Å². The Morgan fingerprint density at radius 3 is 2.70 bits per heavy atom. The van der Waals surface area contributed by atoms with Gasteiger partial charge in [-0.2, -0.15) is 0 Å². The van der Waals surface area contributed by atoms with Crippen LogP contribution >= 0.6 is 27.5 Å². The molecule has 2 aromatic rings. The number of rotatable bonds is 5. The molecule has 0 amide bonds. The Kier molecular flexibility index (Phi) is 5.58. The van der Waals surface area contributed by atoms with E-state index in [-0.39, 0.29) is 11.7 Å². The molecule has 0 aliphatic heterocycles. The third-order valence-electron chi connectivity index (χ3n) is 3.27. The highest BCUT2D eigenvalue weighted by Gasteiger charge is 2.15. The minimum atomic E-state index is -0.225. The van der Waals surface area contributed by atoms with Crippen molar-refractivity contribution in [2.75, 3.05) is 13.6 Å². The van der Waals surface area contributed by atoms with Gasteiger partial charge in [0.1, 0.15) is 5.82 Å². The summed E-state index contributed by atoms with van der Waals surface area (Å²) >= 11 is 9.38. The molecule has 0 saturated carbocycles. The Morgan fingerprint density at radius 2 is 2.00 bits per heavy atom. The molecular formula is C16H16BrClFN. The molecule has 0 fully saturated rings. The average Bonchev–Trinajstić information content (AvgIpc) is 2.43. The first-order valence-corrected chi connectivity index (χ1v) is 7.62. The van der Waals surface area contributed by atoms with Crippen molar-refractivity contribution in [2.24, 2.45) is 0 Å². The first kappa shape index (κ1) is 15.5. The average molecular weight is 357 g/mol. The second-order valence-electron chi connectivity index (χ2n) is 4.73. The van der Waals surface area contributed by atoms with Gasteiger partial charge >= 0.3 is 0 Å². The summed E-state index contributed by atoms with van der Waals surface area (Å²) in [4.78, 5) is 0. The van der Waals surface area contributed by atoms with Gasteiger partial charge in [-0.05, 0) is 58.7 Å². The van der Waals surface area contributed by atoms with Crippen molar-refractivity contribution in [1.29, 1.82) is 0 Å². The summed E-state index contributed by atoms with van der Waals surface area (Å²) in [5, 5.41) is 3.91. The molecule has 0 heterocycles. The van der Waals surface area contributed by atoms with E-state index in [4.69, 9.17) is 11.6 Å². The van der Waals surface area contributed by atoms with E-state index in [1.165, 1.54) is 6.07 Å². The van der Waals surface area contributed by atoms with Gasteiger partial charge in [0, 0.05) is 17.5 Å². The molecule has 0 saturated heterocycles. The lowest BCUT2D eigenvalue weighted by Gasteiger charge is -2.18. The Balaban J connectivity index is 2.28. The van der Waals surface area contributed by atoms with Crippen LogP contribution < -0.4 is 5.32 Å². The molecule has 2 rings (SSSR count). The molecule has 4 heteroatoms. The van der Waals surface area contributed by atoms with Crippen LogP contribution in [-0.2, 0) is 6.42 Å². The van der Waals surface area contributed by atoms with E-state index in [1.807, 2.05) is 31.3 Å². The first-order valence-electron chi connectivity index (χ1n) is 6.44. The Labute approximate surface area is 132 Å². The van der Waals surface area contributed by atoms with E-state index in [0.717, 1.165) is 29.1 Å². The van der Waals surface area contributed by atoms with Gasteiger partial charge in [0.15, 0.2) is 0 Å². The zero-order chi connectivity index (χ0) is 14.5. The van der Waals surface area contributed by atoms with Crippen LogP contribution in [0.25, 0.3) is 0 Å².